The monoisotopic (exact) mass is 263 g/mol. The first-order valence-corrected chi connectivity index (χ1v) is 5.34. The number of amides is 1. The topological polar surface area (TPSA) is 38.3 Å². The lowest BCUT2D eigenvalue weighted by Gasteiger charge is -2.10. The molecule has 1 aromatic rings. The van der Waals surface area contributed by atoms with Crippen molar-refractivity contribution in [3.8, 4) is 0 Å². The average molecular weight is 264 g/mol. The molecule has 0 saturated carbocycles. The second kappa shape index (κ2) is 6.51. The minimum Gasteiger partial charge on any atom is -0.383 e. The Balaban J connectivity index is 2.58. The lowest BCUT2D eigenvalue weighted by Crippen LogP contribution is -2.32. The molecule has 1 rings (SSSR count). The normalized spacial score (nSPS) is 12.2. The van der Waals surface area contributed by atoms with E-state index in [4.69, 9.17) is 16.3 Å². The SMILES string of the molecule is COCC(Cl)CNC(=O)c1ccc(F)cc1F. The van der Waals surface area contributed by atoms with Crippen LogP contribution in [0, 0.1) is 11.6 Å². The number of carbonyl (C=O) groups is 1. The molecule has 0 aliphatic heterocycles. The van der Waals surface area contributed by atoms with Crippen LogP contribution in [0.2, 0.25) is 0 Å². The number of methoxy groups -OCH3 is 1. The summed E-state index contributed by atoms with van der Waals surface area (Å²) in [6, 6.07) is 2.76. The van der Waals surface area contributed by atoms with E-state index >= 15 is 0 Å². The summed E-state index contributed by atoms with van der Waals surface area (Å²) in [6.07, 6.45) is 0. The largest absolute Gasteiger partial charge is 0.383 e. The molecule has 0 aliphatic carbocycles. The zero-order valence-electron chi connectivity index (χ0n) is 9.17. The van der Waals surface area contributed by atoms with Gasteiger partial charge in [-0.1, -0.05) is 0 Å². The van der Waals surface area contributed by atoms with Crippen molar-refractivity contribution in [3.05, 3.63) is 35.4 Å². The van der Waals surface area contributed by atoms with Crippen LogP contribution >= 0.6 is 11.6 Å². The van der Waals surface area contributed by atoms with Crippen LogP contribution in [0.1, 0.15) is 10.4 Å². The molecule has 1 unspecified atom stereocenters. The second-order valence-corrected chi connectivity index (χ2v) is 4.00. The van der Waals surface area contributed by atoms with Crippen molar-refractivity contribution >= 4 is 17.5 Å². The third-order valence-electron chi connectivity index (χ3n) is 2.01. The lowest BCUT2D eigenvalue weighted by molar-refractivity contribution is 0.0945. The number of hydrogen-bond acceptors (Lipinski definition) is 2. The van der Waals surface area contributed by atoms with Crippen LogP contribution in [0.5, 0.6) is 0 Å². The van der Waals surface area contributed by atoms with E-state index in [9.17, 15) is 13.6 Å². The Labute approximate surface area is 103 Å². The van der Waals surface area contributed by atoms with Crippen molar-refractivity contribution in [3.63, 3.8) is 0 Å². The lowest BCUT2D eigenvalue weighted by atomic mass is 10.2. The van der Waals surface area contributed by atoms with E-state index in [-0.39, 0.29) is 18.7 Å². The number of hydrogen-bond donors (Lipinski definition) is 1. The molecule has 0 heterocycles. The summed E-state index contributed by atoms with van der Waals surface area (Å²) in [5.74, 6) is -2.27. The summed E-state index contributed by atoms with van der Waals surface area (Å²) >= 11 is 5.78. The Morgan fingerprint density at radius 2 is 2.24 bits per heavy atom. The van der Waals surface area contributed by atoms with Crippen LogP contribution in [0.3, 0.4) is 0 Å². The Hall–Kier alpha value is -1.20. The van der Waals surface area contributed by atoms with Crippen molar-refractivity contribution in [1.29, 1.82) is 0 Å². The van der Waals surface area contributed by atoms with Gasteiger partial charge in [0.25, 0.3) is 5.91 Å². The maximum atomic E-state index is 13.2. The van der Waals surface area contributed by atoms with Crippen LogP contribution in [-0.2, 0) is 4.74 Å². The molecule has 0 aliphatic rings. The predicted octanol–water partition coefficient (Wildman–Crippen LogP) is 1.95. The molecule has 17 heavy (non-hydrogen) atoms. The first-order valence-electron chi connectivity index (χ1n) is 4.91. The summed E-state index contributed by atoms with van der Waals surface area (Å²) in [4.78, 5) is 11.5. The van der Waals surface area contributed by atoms with Crippen LogP contribution in [-0.4, -0.2) is 31.5 Å². The molecule has 3 nitrogen and oxygen atoms in total. The highest BCUT2D eigenvalue weighted by molar-refractivity contribution is 6.21. The molecule has 0 aromatic heterocycles. The molecule has 1 N–H and O–H groups in total. The smallest absolute Gasteiger partial charge is 0.254 e. The molecule has 6 heteroatoms. The highest BCUT2D eigenvalue weighted by Gasteiger charge is 2.13. The van der Waals surface area contributed by atoms with E-state index in [2.05, 4.69) is 5.32 Å². The van der Waals surface area contributed by atoms with Gasteiger partial charge >= 0.3 is 0 Å². The number of ether oxygens (including phenoxy) is 1. The van der Waals surface area contributed by atoms with Crippen molar-refractivity contribution in [1.82, 2.24) is 5.32 Å². The third-order valence-corrected chi connectivity index (χ3v) is 2.29. The highest BCUT2D eigenvalue weighted by atomic mass is 35.5. The molecule has 1 aromatic carbocycles. The van der Waals surface area contributed by atoms with Gasteiger partial charge in [-0.25, -0.2) is 8.78 Å². The number of rotatable bonds is 5. The van der Waals surface area contributed by atoms with E-state index in [0.29, 0.717) is 6.07 Å². The summed E-state index contributed by atoms with van der Waals surface area (Å²) in [5.41, 5.74) is -0.215. The maximum absolute atomic E-state index is 13.2. The zero-order valence-corrected chi connectivity index (χ0v) is 9.93. The maximum Gasteiger partial charge on any atom is 0.254 e. The second-order valence-electron chi connectivity index (χ2n) is 3.39. The van der Waals surface area contributed by atoms with Crippen molar-refractivity contribution in [2.24, 2.45) is 0 Å². The Morgan fingerprint density at radius 3 is 2.82 bits per heavy atom. The Morgan fingerprint density at radius 1 is 1.53 bits per heavy atom. The molecule has 0 saturated heterocycles. The van der Waals surface area contributed by atoms with Gasteiger partial charge in [-0.2, -0.15) is 0 Å². The summed E-state index contributed by atoms with van der Waals surface area (Å²) in [7, 11) is 1.48. The molecule has 0 fully saturated rings. The molecule has 94 valence electrons. The Bertz CT molecular complexity index is 401. The average Bonchev–Trinajstić information content (AvgIpc) is 2.26. The minimum absolute atomic E-state index is 0.144. The van der Waals surface area contributed by atoms with E-state index in [1.807, 2.05) is 0 Å². The van der Waals surface area contributed by atoms with Gasteiger partial charge < -0.3 is 10.1 Å². The fourth-order valence-corrected chi connectivity index (χ4v) is 1.42. The molecular formula is C11H12ClF2NO2. The van der Waals surface area contributed by atoms with Crippen molar-refractivity contribution in [2.45, 2.75) is 5.38 Å². The van der Waals surface area contributed by atoms with Crippen LogP contribution in [0.25, 0.3) is 0 Å². The van der Waals surface area contributed by atoms with Gasteiger partial charge in [-0.05, 0) is 12.1 Å². The van der Waals surface area contributed by atoms with Gasteiger partial charge in [0, 0.05) is 19.7 Å². The van der Waals surface area contributed by atoms with Crippen LogP contribution in [0.15, 0.2) is 18.2 Å². The van der Waals surface area contributed by atoms with E-state index in [1.165, 1.54) is 7.11 Å². The number of benzene rings is 1. The number of alkyl halides is 1. The first-order chi connectivity index (χ1) is 8.04. The molecule has 1 amide bonds. The number of halogens is 3. The Kier molecular flexibility index (Phi) is 5.31. The molecular weight excluding hydrogens is 252 g/mol. The minimum atomic E-state index is -0.902. The number of nitrogens with one attached hydrogen (secondary N) is 1. The van der Waals surface area contributed by atoms with E-state index in [0.717, 1.165) is 12.1 Å². The summed E-state index contributed by atoms with van der Waals surface area (Å²) < 4.78 is 30.6. The van der Waals surface area contributed by atoms with Gasteiger partial charge in [0.05, 0.1) is 17.5 Å². The van der Waals surface area contributed by atoms with Crippen molar-refractivity contribution < 1.29 is 18.3 Å². The molecule has 0 spiro atoms. The van der Waals surface area contributed by atoms with Gasteiger partial charge in [0.2, 0.25) is 0 Å². The summed E-state index contributed by atoms with van der Waals surface area (Å²) in [5, 5.41) is 2.03. The van der Waals surface area contributed by atoms with Gasteiger partial charge in [0.15, 0.2) is 0 Å². The van der Waals surface area contributed by atoms with E-state index in [1.54, 1.807) is 0 Å². The first kappa shape index (κ1) is 13.9. The number of carbonyl (C=O) groups excluding carboxylic acids is 1. The molecule has 0 radical (unpaired) electrons. The predicted molar refractivity (Wildman–Crippen MR) is 60.2 cm³/mol. The molecule has 1 atom stereocenters. The van der Waals surface area contributed by atoms with E-state index < -0.39 is 22.9 Å². The fraction of sp³-hybridized carbons (Fsp3) is 0.364. The standard InChI is InChI=1S/C11H12ClF2NO2/c1-17-6-7(12)5-15-11(16)9-3-2-8(13)4-10(9)14/h2-4,7H,5-6H2,1H3,(H,15,16). The van der Waals surface area contributed by atoms with Crippen LogP contribution in [0.4, 0.5) is 8.78 Å². The van der Waals surface area contributed by atoms with Crippen LogP contribution < -0.4 is 5.32 Å². The van der Waals surface area contributed by atoms with Gasteiger partial charge in [-0.3, -0.25) is 4.79 Å². The zero-order chi connectivity index (χ0) is 12.8. The quantitative estimate of drug-likeness (QED) is 0.825. The third kappa shape index (κ3) is 4.28. The molecule has 0 bridgehead atoms. The fourth-order valence-electron chi connectivity index (χ4n) is 1.21. The van der Waals surface area contributed by atoms with Crippen molar-refractivity contribution in [2.75, 3.05) is 20.3 Å². The summed E-state index contributed by atoms with van der Waals surface area (Å²) in [6.45, 7) is 0.415. The van der Waals surface area contributed by atoms with Gasteiger partial charge in [-0.15, -0.1) is 11.6 Å². The van der Waals surface area contributed by atoms with Gasteiger partial charge in [0.1, 0.15) is 11.6 Å². The highest BCUT2D eigenvalue weighted by Crippen LogP contribution is 2.09.